The highest BCUT2D eigenvalue weighted by Crippen LogP contribution is 2.32. The van der Waals surface area contributed by atoms with Gasteiger partial charge in [-0.1, -0.05) is 12.1 Å². The lowest BCUT2D eigenvalue weighted by Gasteiger charge is -2.12. The van der Waals surface area contributed by atoms with Crippen molar-refractivity contribution in [2.75, 3.05) is 24.4 Å². The Kier molecular flexibility index (Phi) is 8.42. The zero-order valence-corrected chi connectivity index (χ0v) is 18.4. The van der Waals surface area contributed by atoms with Crippen LogP contribution in [0.3, 0.4) is 0 Å². The third-order valence-electron chi connectivity index (χ3n) is 4.56. The molecule has 0 aliphatic carbocycles. The number of ether oxygens (including phenoxy) is 2. The summed E-state index contributed by atoms with van der Waals surface area (Å²) >= 11 is 0. The molecule has 0 bridgehead atoms. The average Bonchev–Trinajstić information content (AvgIpc) is 3.36. The minimum Gasteiger partial charge on any atom is -0.496 e. The van der Waals surface area contributed by atoms with Crippen molar-refractivity contribution in [3.63, 3.8) is 0 Å². The van der Waals surface area contributed by atoms with E-state index < -0.39 is 18.2 Å². The van der Waals surface area contributed by atoms with E-state index in [4.69, 9.17) is 24.9 Å². The van der Waals surface area contributed by atoms with Crippen molar-refractivity contribution < 1.29 is 23.5 Å². The molecule has 0 fully saturated rings. The van der Waals surface area contributed by atoms with Gasteiger partial charge < -0.3 is 35.6 Å². The lowest BCUT2D eigenvalue weighted by Crippen LogP contribution is -2.31. The van der Waals surface area contributed by atoms with Gasteiger partial charge in [0.15, 0.2) is 12.2 Å². The number of nitrogens with zero attached hydrogens (tertiary/aromatic N) is 2. The number of nitriles is 1. The summed E-state index contributed by atoms with van der Waals surface area (Å²) in [6.45, 7) is 0.134. The summed E-state index contributed by atoms with van der Waals surface area (Å²) < 4.78 is 15.7. The van der Waals surface area contributed by atoms with Gasteiger partial charge in [0.2, 0.25) is 0 Å². The Labute approximate surface area is 195 Å². The van der Waals surface area contributed by atoms with E-state index in [1.54, 1.807) is 48.7 Å². The maximum Gasteiger partial charge on any atom is 0.407 e. The molecule has 1 atom stereocenters. The van der Waals surface area contributed by atoms with E-state index in [1.165, 1.54) is 13.5 Å². The van der Waals surface area contributed by atoms with E-state index in [0.717, 1.165) is 5.56 Å². The van der Waals surface area contributed by atoms with Crippen molar-refractivity contribution in [1.29, 1.82) is 5.26 Å². The van der Waals surface area contributed by atoms with Crippen molar-refractivity contribution in [1.82, 2.24) is 10.3 Å². The number of oxazole rings is 1. The van der Waals surface area contributed by atoms with Gasteiger partial charge in [-0.05, 0) is 29.8 Å². The number of aromatic nitrogens is 1. The molecule has 0 spiro atoms. The predicted octanol–water partition coefficient (Wildman–Crippen LogP) is 3.46. The fourth-order valence-electron chi connectivity index (χ4n) is 2.96. The summed E-state index contributed by atoms with van der Waals surface area (Å²) in [5.74, 6) is 1.07. The number of carbonyl (C=O) groups excluding carboxylic acids is 2. The molecule has 3 amide bonds. The van der Waals surface area contributed by atoms with Crippen molar-refractivity contribution in [2.45, 2.75) is 19.0 Å². The van der Waals surface area contributed by atoms with Crippen LogP contribution in [0.15, 0.2) is 59.5 Å². The first kappa shape index (κ1) is 24.1. The number of benzene rings is 2. The van der Waals surface area contributed by atoms with Crippen molar-refractivity contribution in [3.8, 4) is 23.1 Å². The lowest BCUT2D eigenvalue weighted by atomic mass is 10.1. The number of anilines is 2. The highest BCUT2D eigenvalue weighted by Gasteiger charge is 2.12. The molecule has 2 aromatic carbocycles. The molecule has 11 heteroatoms. The Morgan fingerprint density at radius 1 is 1.21 bits per heavy atom. The fourth-order valence-corrected chi connectivity index (χ4v) is 2.96. The van der Waals surface area contributed by atoms with Gasteiger partial charge >= 0.3 is 12.1 Å². The molecule has 1 heterocycles. The molecule has 5 N–H and O–H groups in total. The molecule has 0 radical (unpaired) electrons. The summed E-state index contributed by atoms with van der Waals surface area (Å²) in [7, 11) is 1.52. The van der Waals surface area contributed by atoms with Crippen molar-refractivity contribution >= 4 is 23.5 Å². The van der Waals surface area contributed by atoms with Gasteiger partial charge in [0.05, 0.1) is 37.4 Å². The van der Waals surface area contributed by atoms with E-state index in [-0.39, 0.29) is 19.6 Å². The van der Waals surface area contributed by atoms with Crippen molar-refractivity contribution in [3.05, 3.63) is 60.6 Å². The average molecular weight is 464 g/mol. The second kappa shape index (κ2) is 11.9. The SMILES string of the molecule is COc1cc(NC(=O)Nc2cccc(CNC(=O)OC[C@H](N)CC#N)c2)ccc1-c1cnco1. The Bertz CT molecular complexity index is 1160. The molecular weight excluding hydrogens is 440 g/mol. The van der Waals surface area contributed by atoms with Gasteiger partial charge in [-0.25, -0.2) is 14.6 Å². The fraction of sp³-hybridized carbons (Fsp3) is 0.217. The molecule has 11 nitrogen and oxygen atoms in total. The van der Waals surface area contributed by atoms with Crippen LogP contribution in [0.5, 0.6) is 5.75 Å². The summed E-state index contributed by atoms with van der Waals surface area (Å²) in [6, 6.07) is 13.0. The Morgan fingerprint density at radius 3 is 2.71 bits per heavy atom. The molecule has 176 valence electrons. The van der Waals surface area contributed by atoms with Gasteiger partial charge in [0, 0.05) is 24.0 Å². The Morgan fingerprint density at radius 2 is 2.00 bits per heavy atom. The third-order valence-corrected chi connectivity index (χ3v) is 4.56. The molecule has 3 aromatic rings. The van der Waals surface area contributed by atoms with Crippen LogP contribution in [0.2, 0.25) is 0 Å². The molecule has 0 aliphatic rings. The van der Waals surface area contributed by atoms with Gasteiger partial charge in [-0.3, -0.25) is 0 Å². The number of nitrogens with one attached hydrogen (secondary N) is 3. The molecule has 0 aliphatic heterocycles. The number of hydrogen-bond acceptors (Lipinski definition) is 8. The van der Waals surface area contributed by atoms with Gasteiger partial charge in [-0.2, -0.15) is 5.26 Å². The standard InChI is InChI=1S/C23H24N6O5/c1-32-20-10-18(5-6-19(20)21-12-26-14-34-21)29-22(30)28-17-4-2-3-15(9-17)11-27-23(31)33-13-16(25)7-8-24/h2-6,9-10,12,14,16H,7,11,13,25H2,1H3,(H,27,31)(H2,28,29,30)/t16-/m1/s1. The first-order chi connectivity index (χ1) is 16.5. The van der Waals surface area contributed by atoms with Crippen molar-refractivity contribution in [2.24, 2.45) is 5.73 Å². The molecule has 34 heavy (non-hydrogen) atoms. The second-order valence-electron chi connectivity index (χ2n) is 7.13. The van der Waals surface area contributed by atoms with E-state index in [2.05, 4.69) is 20.9 Å². The van der Waals surface area contributed by atoms with Crippen LogP contribution >= 0.6 is 0 Å². The van der Waals surface area contributed by atoms with Crippen LogP contribution in [0.4, 0.5) is 21.0 Å². The maximum atomic E-state index is 12.5. The molecule has 1 aromatic heterocycles. The first-order valence-corrected chi connectivity index (χ1v) is 10.3. The highest BCUT2D eigenvalue weighted by molar-refractivity contribution is 6.00. The minimum absolute atomic E-state index is 0.0503. The highest BCUT2D eigenvalue weighted by atomic mass is 16.5. The number of methoxy groups -OCH3 is 1. The summed E-state index contributed by atoms with van der Waals surface area (Å²) in [5.41, 5.74) is 8.12. The molecule has 0 unspecified atom stereocenters. The smallest absolute Gasteiger partial charge is 0.407 e. The molecule has 0 saturated carbocycles. The molecule has 0 saturated heterocycles. The van der Waals surface area contributed by atoms with Crippen LogP contribution in [0.1, 0.15) is 12.0 Å². The Hall–Kier alpha value is -4.56. The first-order valence-electron chi connectivity index (χ1n) is 10.3. The zero-order valence-electron chi connectivity index (χ0n) is 18.4. The van der Waals surface area contributed by atoms with Crippen LogP contribution in [-0.4, -0.2) is 36.9 Å². The monoisotopic (exact) mass is 464 g/mol. The lowest BCUT2D eigenvalue weighted by molar-refractivity contribution is 0.139. The van der Waals surface area contributed by atoms with E-state index in [0.29, 0.717) is 28.4 Å². The number of hydrogen-bond donors (Lipinski definition) is 4. The normalized spacial score (nSPS) is 11.1. The van der Waals surface area contributed by atoms with E-state index in [9.17, 15) is 9.59 Å². The third kappa shape index (κ3) is 6.98. The van der Waals surface area contributed by atoms with E-state index >= 15 is 0 Å². The second-order valence-corrected chi connectivity index (χ2v) is 7.13. The summed E-state index contributed by atoms with van der Waals surface area (Å²) in [4.78, 5) is 28.1. The molecular formula is C23H24N6O5. The van der Waals surface area contributed by atoms with Gasteiger partial charge in [-0.15, -0.1) is 0 Å². The number of rotatable bonds is 9. The number of urea groups is 1. The predicted molar refractivity (Wildman–Crippen MR) is 124 cm³/mol. The minimum atomic E-state index is -0.646. The summed E-state index contributed by atoms with van der Waals surface area (Å²) in [5, 5.41) is 16.6. The number of amides is 3. The number of alkyl carbamates (subject to hydrolysis) is 1. The largest absolute Gasteiger partial charge is 0.496 e. The Balaban J connectivity index is 1.53. The topological polar surface area (TPSA) is 165 Å². The van der Waals surface area contributed by atoms with Gasteiger partial charge in [0.25, 0.3) is 0 Å². The maximum absolute atomic E-state index is 12.5. The van der Waals surface area contributed by atoms with Crippen LogP contribution in [-0.2, 0) is 11.3 Å². The molecule has 3 rings (SSSR count). The quantitative estimate of drug-likeness (QED) is 0.374. The zero-order chi connectivity index (χ0) is 24.3. The summed E-state index contributed by atoms with van der Waals surface area (Å²) in [6.07, 6.45) is 2.35. The number of carbonyl (C=O) groups is 2. The van der Waals surface area contributed by atoms with E-state index in [1.807, 2.05) is 6.07 Å². The van der Waals surface area contributed by atoms with Gasteiger partial charge in [0.1, 0.15) is 12.4 Å². The number of nitrogens with two attached hydrogens (primary N) is 1. The van der Waals surface area contributed by atoms with Crippen LogP contribution in [0, 0.1) is 11.3 Å². The van der Waals surface area contributed by atoms with Crippen LogP contribution < -0.4 is 26.4 Å². The van der Waals surface area contributed by atoms with Crippen LogP contribution in [0.25, 0.3) is 11.3 Å².